The molecule has 1 heterocycles. The first-order valence-corrected chi connectivity index (χ1v) is 10.6. The number of rotatable bonds is 9. The summed E-state index contributed by atoms with van der Waals surface area (Å²) in [6, 6.07) is 7.75. The highest BCUT2D eigenvalue weighted by molar-refractivity contribution is 14.0. The molecule has 1 aromatic heterocycles. The number of benzene rings is 1. The molecule has 2 aromatic rings. The summed E-state index contributed by atoms with van der Waals surface area (Å²) >= 11 is 1.34. The number of carbonyl (C=O) groups is 1. The van der Waals surface area contributed by atoms with Gasteiger partial charge in [0.1, 0.15) is 22.2 Å². The van der Waals surface area contributed by atoms with Crippen LogP contribution in [-0.2, 0) is 11.2 Å². The maximum Gasteiger partial charge on any atom is 0.350 e. The van der Waals surface area contributed by atoms with Gasteiger partial charge in [-0.1, -0.05) is 18.1 Å². The second-order valence-electron chi connectivity index (χ2n) is 6.44. The summed E-state index contributed by atoms with van der Waals surface area (Å²) in [5.41, 5.74) is 1.86. The van der Waals surface area contributed by atoms with Crippen LogP contribution < -0.4 is 15.4 Å². The van der Waals surface area contributed by atoms with Crippen LogP contribution in [0.1, 0.15) is 45.8 Å². The predicted octanol–water partition coefficient (Wildman–Crippen LogP) is 3.73. The molecule has 7 nitrogen and oxygen atoms in total. The maximum absolute atomic E-state index is 12.0. The van der Waals surface area contributed by atoms with Crippen LogP contribution in [0.4, 0.5) is 0 Å². The zero-order valence-corrected chi connectivity index (χ0v) is 21.4. The molecule has 2 rings (SSSR count). The normalized spacial score (nSPS) is 11.6. The predicted molar refractivity (Wildman–Crippen MR) is 136 cm³/mol. The first-order valence-electron chi connectivity index (χ1n) is 9.75. The number of terminal acetylenes is 1. The zero-order valence-electron chi connectivity index (χ0n) is 18.2. The van der Waals surface area contributed by atoms with Crippen molar-refractivity contribution in [3.63, 3.8) is 0 Å². The lowest BCUT2D eigenvalue weighted by Crippen LogP contribution is -2.39. The van der Waals surface area contributed by atoms with Crippen molar-refractivity contribution in [3.8, 4) is 18.1 Å². The molecule has 0 radical (unpaired) electrons. The Morgan fingerprint density at radius 3 is 2.68 bits per heavy atom. The molecule has 0 saturated heterocycles. The molecule has 0 amide bonds. The summed E-state index contributed by atoms with van der Waals surface area (Å²) in [5.74, 6) is 3.55. The molecule has 0 aliphatic rings. The largest absolute Gasteiger partial charge is 0.481 e. The number of carbonyl (C=O) groups excluding carboxylic acids is 1. The van der Waals surface area contributed by atoms with Crippen LogP contribution in [0.25, 0.3) is 0 Å². The zero-order chi connectivity index (χ0) is 21.9. The van der Waals surface area contributed by atoms with Gasteiger partial charge in [0.05, 0.1) is 18.3 Å². The van der Waals surface area contributed by atoms with Gasteiger partial charge in [0.15, 0.2) is 5.96 Å². The van der Waals surface area contributed by atoms with E-state index in [-0.39, 0.29) is 42.6 Å². The van der Waals surface area contributed by atoms with Crippen molar-refractivity contribution in [1.29, 1.82) is 0 Å². The Labute approximate surface area is 205 Å². The minimum atomic E-state index is -0.329. The average molecular weight is 556 g/mol. The van der Waals surface area contributed by atoms with E-state index in [1.54, 1.807) is 14.0 Å². The molecule has 9 heteroatoms. The number of esters is 1. The Morgan fingerprint density at radius 2 is 2.06 bits per heavy atom. The van der Waals surface area contributed by atoms with Gasteiger partial charge in [0.2, 0.25) is 0 Å². The fourth-order valence-corrected chi connectivity index (χ4v) is 3.62. The van der Waals surface area contributed by atoms with Crippen molar-refractivity contribution in [2.75, 3.05) is 26.8 Å². The van der Waals surface area contributed by atoms with Crippen LogP contribution in [0.5, 0.6) is 5.75 Å². The molecule has 0 saturated carbocycles. The number of nitrogens with one attached hydrogen (secondary N) is 2. The minimum absolute atomic E-state index is 0. The van der Waals surface area contributed by atoms with E-state index in [0.717, 1.165) is 17.2 Å². The molecule has 1 aromatic carbocycles. The Kier molecular flexibility index (Phi) is 12.0. The molecule has 0 aliphatic carbocycles. The fourth-order valence-electron chi connectivity index (χ4n) is 2.65. The van der Waals surface area contributed by atoms with Gasteiger partial charge in [-0.25, -0.2) is 9.78 Å². The number of thiazole rings is 1. The number of halogens is 1. The lowest BCUT2D eigenvalue weighted by molar-refractivity contribution is 0.0531. The van der Waals surface area contributed by atoms with Crippen LogP contribution in [0, 0.1) is 19.3 Å². The molecule has 0 fully saturated rings. The van der Waals surface area contributed by atoms with Gasteiger partial charge in [-0.2, -0.15) is 0 Å². The summed E-state index contributed by atoms with van der Waals surface area (Å²) in [4.78, 5) is 21.3. The lowest BCUT2D eigenvalue weighted by atomic mass is 10.1. The van der Waals surface area contributed by atoms with Gasteiger partial charge < -0.3 is 20.1 Å². The first kappa shape index (κ1) is 26.7. The average Bonchev–Trinajstić information content (AvgIpc) is 3.14. The highest BCUT2D eigenvalue weighted by Crippen LogP contribution is 2.24. The number of nitrogens with zero attached hydrogens (tertiary/aromatic N) is 2. The summed E-state index contributed by atoms with van der Waals surface area (Å²) in [5, 5.41) is 7.41. The number of guanidine groups is 1. The molecule has 0 spiro atoms. The molecule has 2 N–H and O–H groups in total. The third-order valence-corrected chi connectivity index (χ3v) is 5.49. The van der Waals surface area contributed by atoms with Crippen LogP contribution in [0.2, 0.25) is 0 Å². The Hall–Kier alpha value is -2.32. The molecule has 1 atom stereocenters. The Bertz CT molecular complexity index is 906. The number of aliphatic imine (C=N–C) groups is 1. The van der Waals surface area contributed by atoms with E-state index in [9.17, 15) is 4.79 Å². The number of hydrogen-bond donors (Lipinski definition) is 2. The quantitative estimate of drug-likeness (QED) is 0.161. The molecule has 1 unspecified atom stereocenters. The second kappa shape index (κ2) is 13.9. The summed E-state index contributed by atoms with van der Waals surface area (Å²) in [6.45, 7) is 6.90. The van der Waals surface area contributed by atoms with Gasteiger partial charge in [0.25, 0.3) is 0 Å². The second-order valence-corrected chi connectivity index (χ2v) is 7.47. The van der Waals surface area contributed by atoms with Crippen molar-refractivity contribution < 1.29 is 14.3 Å². The first-order chi connectivity index (χ1) is 14.5. The van der Waals surface area contributed by atoms with Crippen molar-refractivity contribution in [3.05, 3.63) is 45.4 Å². The van der Waals surface area contributed by atoms with E-state index in [1.165, 1.54) is 16.9 Å². The van der Waals surface area contributed by atoms with E-state index in [0.29, 0.717) is 29.7 Å². The van der Waals surface area contributed by atoms with Gasteiger partial charge in [-0.3, -0.25) is 4.99 Å². The summed E-state index contributed by atoms with van der Waals surface area (Å²) in [7, 11) is 1.72. The lowest BCUT2D eigenvalue weighted by Gasteiger charge is -2.16. The summed E-state index contributed by atoms with van der Waals surface area (Å²) < 4.78 is 10.5. The van der Waals surface area contributed by atoms with Gasteiger partial charge >= 0.3 is 5.97 Å². The van der Waals surface area contributed by atoms with Crippen molar-refractivity contribution in [2.45, 2.75) is 33.2 Å². The molecular formula is C22H29IN4O3S. The number of aromatic nitrogens is 1. The standard InChI is InChI=1S/C22H28N4O3S.HI/c1-6-14-29-18-10-8-17(9-11-18)12-13-24-22(23-5)26-16(4)20-25-15(3)19(30-20)21(27)28-7-2;/h1,8-11,16H,7,12-14H2,2-5H3,(H2,23,24,26);1H. The van der Waals surface area contributed by atoms with Gasteiger partial charge in [-0.05, 0) is 44.9 Å². The Balaban J connectivity index is 0.00000480. The molecule has 0 bridgehead atoms. The van der Waals surface area contributed by atoms with Crippen molar-refractivity contribution in [1.82, 2.24) is 15.6 Å². The molecule has 0 aliphatic heterocycles. The third kappa shape index (κ3) is 8.38. The topological polar surface area (TPSA) is 84.8 Å². The highest BCUT2D eigenvalue weighted by Gasteiger charge is 2.20. The SMILES string of the molecule is C#CCOc1ccc(CCNC(=NC)NC(C)c2nc(C)c(C(=O)OCC)s2)cc1.I. The maximum atomic E-state index is 12.0. The fraction of sp³-hybridized carbons (Fsp3) is 0.409. The third-order valence-electron chi connectivity index (χ3n) is 4.17. The highest BCUT2D eigenvalue weighted by atomic mass is 127. The molecule has 31 heavy (non-hydrogen) atoms. The molecule has 168 valence electrons. The van der Waals surface area contributed by atoms with Crippen molar-refractivity contribution in [2.24, 2.45) is 4.99 Å². The van der Waals surface area contributed by atoms with Crippen LogP contribution in [0.3, 0.4) is 0 Å². The number of hydrogen-bond acceptors (Lipinski definition) is 6. The van der Waals surface area contributed by atoms with Crippen molar-refractivity contribution >= 4 is 47.2 Å². The minimum Gasteiger partial charge on any atom is -0.481 e. The van der Waals surface area contributed by atoms with E-state index in [2.05, 4.69) is 26.5 Å². The summed E-state index contributed by atoms with van der Waals surface area (Å²) in [6.07, 6.45) is 6.02. The van der Waals surface area contributed by atoms with Crippen LogP contribution >= 0.6 is 35.3 Å². The number of aryl methyl sites for hydroxylation is 1. The van der Waals surface area contributed by atoms with E-state index < -0.39 is 0 Å². The van der Waals surface area contributed by atoms with Gasteiger partial charge in [0, 0.05) is 13.6 Å². The van der Waals surface area contributed by atoms with Gasteiger partial charge in [-0.15, -0.1) is 41.7 Å². The van der Waals surface area contributed by atoms with E-state index in [4.69, 9.17) is 15.9 Å². The monoisotopic (exact) mass is 556 g/mol. The number of ether oxygens (including phenoxy) is 2. The van der Waals surface area contributed by atoms with E-state index in [1.807, 2.05) is 38.1 Å². The van der Waals surface area contributed by atoms with Crippen LogP contribution in [0.15, 0.2) is 29.3 Å². The smallest absolute Gasteiger partial charge is 0.350 e. The Morgan fingerprint density at radius 1 is 1.35 bits per heavy atom. The van der Waals surface area contributed by atoms with E-state index >= 15 is 0 Å². The van der Waals surface area contributed by atoms with Crippen LogP contribution in [-0.4, -0.2) is 43.7 Å². The molecular weight excluding hydrogens is 527 g/mol.